The van der Waals surface area contributed by atoms with Crippen LogP contribution >= 0.6 is 0 Å². The number of carbonyl (C=O) groups is 2. The maximum absolute atomic E-state index is 13.1. The molecule has 33 heavy (non-hydrogen) atoms. The van der Waals surface area contributed by atoms with Gasteiger partial charge in [0.05, 0.1) is 19.2 Å². The lowest BCUT2D eigenvalue weighted by atomic mass is 10.1. The van der Waals surface area contributed by atoms with Gasteiger partial charge in [-0.05, 0) is 41.0 Å². The Hall–Kier alpha value is -4.12. The first-order valence-electron chi connectivity index (χ1n) is 10.9. The molecule has 0 bridgehead atoms. The molecular weight excluding hydrogens is 412 g/mol. The van der Waals surface area contributed by atoms with Gasteiger partial charge in [0.2, 0.25) is 5.91 Å². The predicted octanol–water partition coefficient (Wildman–Crippen LogP) is 5.33. The van der Waals surface area contributed by atoms with Crippen LogP contribution < -0.4 is 4.90 Å². The Labute approximate surface area is 193 Å². The van der Waals surface area contributed by atoms with E-state index < -0.39 is 0 Å². The fraction of sp³-hybridized carbons (Fsp3) is 0.143. The molecule has 166 valence electrons. The molecule has 1 aromatic heterocycles. The van der Waals surface area contributed by atoms with Crippen LogP contribution in [0.3, 0.4) is 0 Å². The largest absolute Gasteiger partial charge is 0.459 e. The number of rotatable bonds is 8. The molecule has 0 aliphatic carbocycles. The van der Waals surface area contributed by atoms with Gasteiger partial charge in [-0.15, -0.1) is 0 Å². The Morgan fingerprint density at radius 2 is 1.30 bits per heavy atom. The van der Waals surface area contributed by atoms with E-state index >= 15 is 0 Å². The van der Waals surface area contributed by atoms with Crippen LogP contribution in [0, 0.1) is 0 Å². The van der Waals surface area contributed by atoms with E-state index in [4.69, 9.17) is 4.42 Å². The first kappa shape index (κ1) is 22.1. The van der Waals surface area contributed by atoms with Crippen LogP contribution in [0.2, 0.25) is 0 Å². The van der Waals surface area contributed by atoms with Gasteiger partial charge >= 0.3 is 0 Å². The molecule has 0 radical (unpaired) electrons. The molecule has 0 N–H and O–H groups in total. The number of anilines is 1. The summed E-state index contributed by atoms with van der Waals surface area (Å²) in [5.41, 5.74) is 3.75. The first-order valence-corrected chi connectivity index (χ1v) is 10.9. The van der Waals surface area contributed by atoms with Crippen molar-refractivity contribution < 1.29 is 14.0 Å². The van der Waals surface area contributed by atoms with Crippen molar-refractivity contribution in [1.29, 1.82) is 0 Å². The zero-order valence-corrected chi connectivity index (χ0v) is 18.6. The maximum Gasteiger partial charge on any atom is 0.294 e. The number of hydrogen-bond acceptors (Lipinski definition) is 3. The molecule has 0 fully saturated rings. The summed E-state index contributed by atoms with van der Waals surface area (Å²) in [6.07, 6.45) is 1.79. The minimum Gasteiger partial charge on any atom is -0.459 e. The third kappa shape index (κ3) is 5.77. The summed E-state index contributed by atoms with van der Waals surface area (Å²) in [5, 5.41) is 0. The van der Waals surface area contributed by atoms with Gasteiger partial charge in [0.1, 0.15) is 0 Å². The van der Waals surface area contributed by atoms with E-state index in [1.807, 2.05) is 92.0 Å². The Morgan fingerprint density at radius 3 is 1.88 bits per heavy atom. The van der Waals surface area contributed by atoms with E-state index in [0.717, 1.165) is 22.4 Å². The molecule has 0 saturated heterocycles. The van der Waals surface area contributed by atoms with Crippen molar-refractivity contribution in [2.45, 2.75) is 19.5 Å². The van der Waals surface area contributed by atoms with Crippen molar-refractivity contribution in [3.8, 4) is 0 Å². The molecule has 1 heterocycles. The van der Waals surface area contributed by atoms with Crippen LogP contribution in [0.25, 0.3) is 0 Å². The van der Waals surface area contributed by atoms with Crippen LogP contribution in [0.1, 0.15) is 27.2 Å². The van der Waals surface area contributed by atoms with Crippen molar-refractivity contribution in [3.63, 3.8) is 0 Å². The Balaban J connectivity index is 1.47. The molecule has 2 amide bonds. The van der Waals surface area contributed by atoms with Crippen LogP contribution in [0.5, 0.6) is 0 Å². The molecule has 5 heteroatoms. The van der Waals surface area contributed by atoms with Gasteiger partial charge in [-0.25, -0.2) is 0 Å². The van der Waals surface area contributed by atoms with Crippen LogP contribution in [0.4, 0.5) is 5.69 Å². The molecule has 5 nitrogen and oxygen atoms in total. The molecular formula is C28H26N2O3. The second kappa shape index (κ2) is 10.5. The Bertz CT molecular complexity index is 1170. The summed E-state index contributed by atoms with van der Waals surface area (Å²) < 4.78 is 5.35. The highest BCUT2D eigenvalue weighted by Gasteiger charge is 2.21. The molecule has 0 spiro atoms. The average molecular weight is 439 g/mol. The summed E-state index contributed by atoms with van der Waals surface area (Å²) in [5.74, 6) is 0.113. The second-order valence-electron chi connectivity index (χ2n) is 7.93. The van der Waals surface area contributed by atoms with E-state index in [2.05, 4.69) is 0 Å². The zero-order chi connectivity index (χ0) is 23.0. The lowest BCUT2D eigenvalue weighted by molar-refractivity contribution is -0.129. The maximum atomic E-state index is 13.1. The summed E-state index contributed by atoms with van der Waals surface area (Å²) in [7, 11) is 1.81. The third-order valence-corrected chi connectivity index (χ3v) is 5.45. The number of carbonyl (C=O) groups excluding carboxylic acids is 2. The molecule has 4 rings (SSSR count). The van der Waals surface area contributed by atoms with Gasteiger partial charge in [0.25, 0.3) is 5.91 Å². The summed E-state index contributed by atoms with van der Waals surface area (Å²) >= 11 is 0. The van der Waals surface area contributed by atoms with Crippen molar-refractivity contribution in [1.82, 2.24) is 4.90 Å². The second-order valence-corrected chi connectivity index (χ2v) is 7.93. The highest BCUT2D eigenvalue weighted by molar-refractivity contribution is 6.04. The van der Waals surface area contributed by atoms with Gasteiger partial charge < -0.3 is 14.2 Å². The fourth-order valence-electron chi connectivity index (χ4n) is 3.63. The molecule has 0 aliphatic rings. The van der Waals surface area contributed by atoms with Gasteiger partial charge in [-0.3, -0.25) is 9.59 Å². The lowest BCUT2D eigenvalue weighted by Gasteiger charge is -2.22. The molecule has 3 aromatic carbocycles. The van der Waals surface area contributed by atoms with Crippen molar-refractivity contribution in [2.75, 3.05) is 11.9 Å². The van der Waals surface area contributed by atoms with Crippen LogP contribution in [-0.4, -0.2) is 23.8 Å². The van der Waals surface area contributed by atoms with Gasteiger partial charge in [0, 0.05) is 19.3 Å². The number of benzene rings is 3. The van der Waals surface area contributed by atoms with E-state index in [1.165, 1.54) is 6.26 Å². The van der Waals surface area contributed by atoms with Crippen molar-refractivity contribution in [2.24, 2.45) is 0 Å². The number of furan rings is 1. The summed E-state index contributed by atoms with van der Waals surface area (Å²) in [6, 6.07) is 30.7. The molecule has 0 unspecified atom stereocenters. The molecule has 0 aliphatic heterocycles. The van der Waals surface area contributed by atoms with E-state index in [0.29, 0.717) is 19.5 Å². The highest BCUT2D eigenvalue weighted by Crippen LogP contribution is 2.22. The predicted molar refractivity (Wildman–Crippen MR) is 129 cm³/mol. The van der Waals surface area contributed by atoms with Gasteiger partial charge in [-0.2, -0.15) is 0 Å². The monoisotopic (exact) mass is 438 g/mol. The fourth-order valence-corrected chi connectivity index (χ4v) is 3.63. The number of amides is 2. The molecule has 0 atom stereocenters. The minimum absolute atomic E-state index is 0.0411. The third-order valence-electron chi connectivity index (χ3n) is 5.45. The van der Waals surface area contributed by atoms with E-state index in [1.54, 1.807) is 21.9 Å². The minimum atomic E-state index is -0.213. The normalized spacial score (nSPS) is 10.6. The SMILES string of the molecule is CN(Cc1ccccc1)C(=O)Cc1ccc(N(Cc2ccccc2)C(=O)c2ccco2)cc1. The standard InChI is InChI=1S/C28H26N2O3/c1-29(20-23-9-4-2-5-10-23)27(31)19-22-14-16-25(17-15-22)30(21-24-11-6-3-7-12-24)28(32)26-13-8-18-33-26/h2-18H,19-21H2,1H3. The smallest absolute Gasteiger partial charge is 0.294 e. The van der Waals surface area contributed by atoms with Crippen molar-refractivity contribution in [3.05, 3.63) is 126 Å². The topological polar surface area (TPSA) is 53.8 Å². The van der Waals surface area contributed by atoms with E-state index in [-0.39, 0.29) is 17.6 Å². The Morgan fingerprint density at radius 1 is 0.697 bits per heavy atom. The first-order chi connectivity index (χ1) is 16.1. The van der Waals surface area contributed by atoms with Gasteiger partial charge in [0.15, 0.2) is 5.76 Å². The van der Waals surface area contributed by atoms with Gasteiger partial charge in [-0.1, -0.05) is 72.8 Å². The van der Waals surface area contributed by atoms with Crippen LogP contribution in [0.15, 0.2) is 108 Å². The van der Waals surface area contributed by atoms with E-state index in [9.17, 15) is 9.59 Å². The molecule has 0 saturated carbocycles. The number of hydrogen-bond donors (Lipinski definition) is 0. The number of likely N-dealkylation sites (N-methyl/N-ethyl adjacent to an activating group) is 1. The zero-order valence-electron chi connectivity index (χ0n) is 18.6. The lowest BCUT2D eigenvalue weighted by Crippen LogP contribution is -2.30. The average Bonchev–Trinajstić information content (AvgIpc) is 3.39. The summed E-state index contributed by atoms with van der Waals surface area (Å²) in [4.78, 5) is 29.2. The quantitative estimate of drug-likeness (QED) is 0.374. The Kier molecular flexibility index (Phi) is 7.00. The van der Waals surface area contributed by atoms with Crippen LogP contribution in [-0.2, 0) is 24.3 Å². The van der Waals surface area contributed by atoms with Crippen molar-refractivity contribution >= 4 is 17.5 Å². The highest BCUT2D eigenvalue weighted by atomic mass is 16.3. The molecule has 4 aromatic rings. The summed E-state index contributed by atoms with van der Waals surface area (Å²) in [6.45, 7) is 0.985. The number of nitrogens with zero attached hydrogens (tertiary/aromatic N) is 2.